The maximum atomic E-state index is 3.29. The molecule has 0 bridgehead atoms. The summed E-state index contributed by atoms with van der Waals surface area (Å²) in [5, 5.41) is 0. The summed E-state index contributed by atoms with van der Waals surface area (Å²) in [6, 6.07) is 8.53. The molecule has 0 saturated carbocycles. The Kier molecular flexibility index (Phi) is 3.14. The fourth-order valence-electron chi connectivity index (χ4n) is 0.928. The van der Waals surface area contributed by atoms with Gasteiger partial charge in [0, 0.05) is 26.2 Å². The summed E-state index contributed by atoms with van der Waals surface area (Å²) < 4.78 is 1.53. The fourth-order valence-corrected chi connectivity index (χ4v) is 2.74. The van der Waals surface area contributed by atoms with Crippen molar-refractivity contribution in [2.75, 3.05) is 0 Å². The zero-order chi connectivity index (χ0) is 6.10. The molecule has 1 unspecified atom stereocenters. The minimum Gasteiger partial charge on any atom is 0 e. The maximum Gasteiger partial charge on any atom is 0 e. The van der Waals surface area contributed by atoms with Crippen molar-refractivity contribution in [1.29, 1.82) is 0 Å². The first-order valence-electron chi connectivity index (χ1n) is 2.90. The zero-order valence-corrected chi connectivity index (χ0v) is 9.94. The van der Waals surface area contributed by atoms with E-state index in [4.69, 9.17) is 0 Å². The normalized spacial score (nSPS) is 14.8. The first kappa shape index (κ1) is 8.50. The number of benzene rings is 1. The van der Waals surface area contributed by atoms with Crippen LogP contribution in [0.1, 0.15) is 5.56 Å². The van der Waals surface area contributed by atoms with Crippen LogP contribution in [0.5, 0.6) is 0 Å². The van der Waals surface area contributed by atoms with E-state index >= 15 is 0 Å². The van der Waals surface area contributed by atoms with Crippen LogP contribution >= 0.6 is 0 Å². The molecule has 0 radical (unpaired) electrons. The van der Waals surface area contributed by atoms with Crippen molar-refractivity contribution in [2.24, 2.45) is 0 Å². The van der Waals surface area contributed by atoms with Crippen molar-refractivity contribution >= 4 is 26.2 Å². The Bertz CT molecular complexity index is 255. The van der Waals surface area contributed by atoms with E-state index in [-0.39, 0.29) is 42.0 Å². The summed E-state index contributed by atoms with van der Waals surface area (Å²) >= 11 is -0.00296. The van der Waals surface area contributed by atoms with E-state index in [2.05, 4.69) is 35.2 Å². The van der Waals surface area contributed by atoms with Crippen molar-refractivity contribution in [3.05, 3.63) is 34.7 Å². The molecule has 0 spiro atoms. The third-order valence-corrected chi connectivity index (χ3v) is 3.52. The van der Waals surface area contributed by atoms with Crippen LogP contribution in [0.25, 0.3) is 6.08 Å². The Morgan fingerprint density at radius 3 is 2.80 bits per heavy atom. The van der Waals surface area contributed by atoms with Gasteiger partial charge in [-0.05, 0) is 0 Å². The maximum absolute atomic E-state index is 3.29. The molecule has 2 rings (SSSR count). The Morgan fingerprint density at radius 1 is 1.20 bits per heavy atom. The van der Waals surface area contributed by atoms with Crippen LogP contribution in [0.3, 0.4) is 0 Å². The second-order valence-corrected chi connectivity index (χ2v) is 4.26. The third kappa shape index (κ3) is 1.52. The van der Waals surface area contributed by atoms with Gasteiger partial charge in [-0.3, -0.25) is 0 Å². The summed E-state index contributed by atoms with van der Waals surface area (Å²) in [4.78, 5) is 3.29. The van der Waals surface area contributed by atoms with Crippen molar-refractivity contribution in [1.82, 2.24) is 0 Å². The van der Waals surface area contributed by atoms with Gasteiger partial charge in [-0.2, -0.15) is 0 Å². The smallest absolute Gasteiger partial charge is 0 e. The molecule has 0 aromatic heterocycles. The molecule has 0 fully saturated rings. The van der Waals surface area contributed by atoms with Gasteiger partial charge in [0.2, 0.25) is 0 Å². The minimum absolute atomic E-state index is 0. The van der Waals surface area contributed by atoms with Gasteiger partial charge in [0.25, 0.3) is 0 Å². The summed E-state index contributed by atoms with van der Waals surface area (Å²) in [5.41, 5.74) is 1.39. The van der Waals surface area contributed by atoms with Gasteiger partial charge in [-0.15, -0.1) is 0 Å². The molecule has 0 amide bonds. The number of fused-ring (bicyclic) bond motifs is 1. The largest absolute Gasteiger partial charge is 0 e. The van der Waals surface area contributed by atoms with Crippen molar-refractivity contribution < 1.29 is 26.2 Å². The van der Waals surface area contributed by atoms with Crippen LogP contribution in [-0.2, 0) is 26.2 Å². The van der Waals surface area contributed by atoms with Crippen molar-refractivity contribution in [2.45, 2.75) is 0 Å². The van der Waals surface area contributed by atoms with Crippen LogP contribution in [0.2, 0.25) is 0 Å². The van der Waals surface area contributed by atoms with Gasteiger partial charge in [0.1, 0.15) is 0 Å². The molecule has 1 aromatic rings. The summed E-state index contributed by atoms with van der Waals surface area (Å²) in [6.07, 6.45) is 2.11. The summed E-state index contributed by atoms with van der Waals surface area (Å²) in [6.45, 7) is 0. The van der Waals surface area contributed by atoms with Crippen LogP contribution in [0, 0.1) is 4.86 Å². The summed E-state index contributed by atoms with van der Waals surface area (Å²) in [5.74, 6) is 0. The Balaban J connectivity index is 0.000000500. The van der Waals surface area contributed by atoms with E-state index in [1.165, 1.54) is 9.91 Å². The van der Waals surface area contributed by atoms with Crippen molar-refractivity contribution in [3.63, 3.8) is 0 Å². The first-order chi connectivity index (χ1) is 4.47. The number of hydrogen-bond acceptors (Lipinski definition) is 0. The van der Waals surface area contributed by atoms with Gasteiger partial charge >= 0.3 is 60.9 Å². The standard InChI is InChI=1S/C8H6As.Zr/c1-2-4-8-7(3-1)5-6-9-8;/h1-5,9H;/q-1;. The zero-order valence-electron chi connectivity index (χ0n) is 5.39. The van der Waals surface area contributed by atoms with Gasteiger partial charge in [-0.1, -0.05) is 0 Å². The van der Waals surface area contributed by atoms with E-state index in [9.17, 15) is 0 Å². The van der Waals surface area contributed by atoms with Crippen LogP contribution in [0.15, 0.2) is 24.3 Å². The molecule has 0 aliphatic carbocycles. The molecule has 1 atom stereocenters. The van der Waals surface area contributed by atoms with Crippen molar-refractivity contribution in [3.8, 4) is 0 Å². The second kappa shape index (κ2) is 3.69. The monoisotopic (exact) mass is 267 g/mol. The van der Waals surface area contributed by atoms with Crippen LogP contribution in [-0.4, -0.2) is 15.8 Å². The van der Waals surface area contributed by atoms with E-state index in [1.54, 1.807) is 0 Å². The molecule has 1 heterocycles. The second-order valence-electron chi connectivity index (χ2n) is 2.00. The topological polar surface area (TPSA) is 0 Å². The van der Waals surface area contributed by atoms with Crippen LogP contribution < -0.4 is 4.35 Å². The molecule has 1 aliphatic rings. The quantitative estimate of drug-likeness (QED) is 0.476. The van der Waals surface area contributed by atoms with Gasteiger partial charge in [0.05, 0.1) is 0 Å². The molecule has 0 N–H and O–H groups in total. The molecule has 0 saturated heterocycles. The predicted molar refractivity (Wildman–Crippen MR) is 40.9 cm³/mol. The Labute approximate surface area is 86.5 Å². The Hall–Kier alpha value is 0.402. The third-order valence-electron chi connectivity index (χ3n) is 1.40. The molecule has 48 valence electrons. The van der Waals surface area contributed by atoms with Gasteiger partial charge in [-0.25, -0.2) is 0 Å². The summed E-state index contributed by atoms with van der Waals surface area (Å²) in [7, 11) is 0. The predicted octanol–water partition coefficient (Wildman–Crippen LogP) is 0.533. The fraction of sp³-hybridized carbons (Fsp3) is 0. The molecule has 2 heteroatoms. The molecule has 1 aliphatic heterocycles. The number of rotatable bonds is 0. The van der Waals surface area contributed by atoms with Gasteiger partial charge < -0.3 is 0 Å². The SMILES string of the molecule is [C-]1=Cc2ccccc2[AsH]1.[Zr]. The van der Waals surface area contributed by atoms with Gasteiger partial charge in [0.15, 0.2) is 0 Å². The molecule has 0 nitrogen and oxygen atoms in total. The van der Waals surface area contributed by atoms with E-state index in [1.807, 2.05) is 0 Å². The number of hydrogen-bond donors (Lipinski definition) is 0. The average molecular weight is 268 g/mol. The average Bonchev–Trinajstić information content (AvgIpc) is 2.33. The van der Waals surface area contributed by atoms with Crippen LogP contribution in [0.4, 0.5) is 0 Å². The van der Waals surface area contributed by atoms with E-state index in [0.29, 0.717) is 0 Å². The van der Waals surface area contributed by atoms with E-state index < -0.39 is 0 Å². The minimum atomic E-state index is -0.00296. The Morgan fingerprint density at radius 2 is 2.00 bits per heavy atom. The first-order valence-corrected chi connectivity index (χ1v) is 5.00. The van der Waals surface area contributed by atoms with E-state index in [0.717, 1.165) is 0 Å². The molecule has 10 heavy (non-hydrogen) atoms. The molecule has 1 aromatic carbocycles. The molecular formula is C8H6AsZr-. The molecular weight excluding hydrogens is 262 g/mol.